The van der Waals surface area contributed by atoms with Crippen LogP contribution in [0, 0.1) is 3.57 Å². The highest BCUT2D eigenvalue weighted by Gasteiger charge is 2.22. The first-order chi connectivity index (χ1) is 6.45. The molecule has 1 unspecified atom stereocenters. The minimum absolute atomic E-state index is 0.374. The lowest BCUT2D eigenvalue weighted by Crippen LogP contribution is -2.11. The minimum Gasteiger partial charge on any atom is -0.285 e. The second-order valence-electron chi connectivity index (χ2n) is 2.96. The van der Waals surface area contributed by atoms with E-state index in [0.717, 1.165) is 3.57 Å². The van der Waals surface area contributed by atoms with Gasteiger partial charge in [-0.05, 0) is 46.7 Å². The lowest BCUT2D eigenvalue weighted by atomic mass is 10.1. The Morgan fingerprint density at radius 3 is 2.21 bits per heavy atom. The number of hydrogen-bond donors (Lipinski definition) is 1. The normalized spacial score (nSPS) is 13.9. The third-order valence-corrected chi connectivity index (χ3v) is 4.02. The predicted octanol–water partition coefficient (Wildman–Crippen LogP) is 2.63. The Bertz CT molecular complexity index is 397. The second-order valence-corrected chi connectivity index (χ2v) is 5.81. The van der Waals surface area contributed by atoms with Crippen LogP contribution in [0.4, 0.5) is 0 Å². The van der Waals surface area contributed by atoms with Crippen LogP contribution in [0.1, 0.15) is 24.2 Å². The summed E-state index contributed by atoms with van der Waals surface area (Å²) in [6, 6.07) is 7.10. The molecule has 0 spiro atoms. The second kappa shape index (κ2) is 4.59. The summed E-state index contributed by atoms with van der Waals surface area (Å²) >= 11 is 2.14. The van der Waals surface area contributed by atoms with E-state index in [2.05, 4.69) is 22.6 Å². The quantitative estimate of drug-likeness (QED) is 0.686. The summed E-state index contributed by atoms with van der Waals surface area (Å²) in [6.45, 7) is 1.73. The highest BCUT2D eigenvalue weighted by atomic mass is 127. The molecule has 0 aliphatic carbocycles. The maximum atomic E-state index is 11.0. The average Bonchev–Trinajstić information content (AvgIpc) is 2.07. The van der Waals surface area contributed by atoms with E-state index in [-0.39, 0.29) is 0 Å². The van der Waals surface area contributed by atoms with Crippen molar-refractivity contribution < 1.29 is 13.0 Å². The maximum Gasteiger partial charge on any atom is 0.271 e. The molecule has 0 aliphatic heterocycles. The monoisotopic (exact) mass is 326 g/mol. The minimum atomic E-state index is -3.98. The van der Waals surface area contributed by atoms with E-state index in [4.69, 9.17) is 4.55 Å². The van der Waals surface area contributed by atoms with Crippen molar-refractivity contribution in [1.29, 1.82) is 0 Å². The van der Waals surface area contributed by atoms with Gasteiger partial charge in [0, 0.05) is 3.57 Å². The first kappa shape index (κ1) is 11.9. The number of rotatable bonds is 3. The van der Waals surface area contributed by atoms with Crippen molar-refractivity contribution in [3.63, 3.8) is 0 Å². The smallest absolute Gasteiger partial charge is 0.271 e. The fourth-order valence-electron chi connectivity index (χ4n) is 1.30. The van der Waals surface area contributed by atoms with Crippen LogP contribution in [-0.2, 0) is 10.1 Å². The lowest BCUT2D eigenvalue weighted by molar-refractivity contribution is 0.466. The fourth-order valence-corrected chi connectivity index (χ4v) is 2.58. The van der Waals surface area contributed by atoms with Gasteiger partial charge in [-0.3, -0.25) is 4.55 Å². The molecule has 1 aromatic carbocycles. The fraction of sp³-hybridized carbons (Fsp3) is 0.333. The van der Waals surface area contributed by atoms with Crippen molar-refractivity contribution in [2.24, 2.45) is 0 Å². The van der Waals surface area contributed by atoms with Gasteiger partial charge in [0.1, 0.15) is 5.25 Å². The lowest BCUT2D eigenvalue weighted by Gasteiger charge is -2.11. The van der Waals surface area contributed by atoms with E-state index in [1.807, 2.05) is 12.1 Å². The molecule has 1 N–H and O–H groups in total. The summed E-state index contributed by atoms with van der Waals surface area (Å²) in [5.74, 6) is 0. The van der Waals surface area contributed by atoms with E-state index in [1.165, 1.54) is 0 Å². The standard InChI is InChI=1S/C9H11IO3S/c1-2-9(14(11,12)13)7-3-5-8(10)6-4-7/h3-6,9H,2H2,1H3,(H,11,12,13). The van der Waals surface area contributed by atoms with Gasteiger partial charge in [-0.2, -0.15) is 8.42 Å². The molecule has 5 heteroatoms. The molecule has 1 rings (SSSR count). The first-order valence-corrected chi connectivity index (χ1v) is 6.75. The Morgan fingerprint density at radius 1 is 1.36 bits per heavy atom. The summed E-state index contributed by atoms with van der Waals surface area (Å²) in [5.41, 5.74) is 0.635. The topological polar surface area (TPSA) is 54.4 Å². The molecule has 0 aliphatic rings. The van der Waals surface area contributed by atoms with Crippen molar-refractivity contribution in [3.8, 4) is 0 Å². The summed E-state index contributed by atoms with van der Waals surface area (Å²) in [6.07, 6.45) is 0.374. The van der Waals surface area contributed by atoms with Crippen molar-refractivity contribution in [3.05, 3.63) is 33.4 Å². The van der Waals surface area contributed by atoms with Gasteiger partial charge in [-0.25, -0.2) is 0 Å². The zero-order valence-corrected chi connectivity index (χ0v) is 10.6. The van der Waals surface area contributed by atoms with E-state index in [1.54, 1.807) is 19.1 Å². The van der Waals surface area contributed by atoms with Crippen molar-refractivity contribution in [1.82, 2.24) is 0 Å². The zero-order valence-electron chi connectivity index (χ0n) is 7.64. The van der Waals surface area contributed by atoms with Gasteiger partial charge in [0.2, 0.25) is 0 Å². The largest absolute Gasteiger partial charge is 0.285 e. The Hall–Kier alpha value is -0.140. The zero-order chi connectivity index (χ0) is 10.8. The Kier molecular flexibility index (Phi) is 3.91. The number of halogens is 1. The molecule has 0 fully saturated rings. The molecule has 0 amide bonds. The molecular formula is C9H11IO3S. The van der Waals surface area contributed by atoms with Crippen LogP contribution in [0.15, 0.2) is 24.3 Å². The SMILES string of the molecule is CCC(c1ccc(I)cc1)S(=O)(=O)O. The summed E-state index contributed by atoms with van der Waals surface area (Å²) in [4.78, 5) is 0. The molecule has 0 aromatic heterocycles. The van der Waals surface area contributed by atoms with E-state index in [0.29, 0.717) is 12.0 Å². The maximum absolute atomic E-state index is 11.0. The van der Waals surface area contributed by atoms with E-state index in [9.17, 15) is 8.42 Å². The molecule has 0 radical (unpaired) electrons. The molecule has 0 saturated carbocycles. The molecule has 78 valence electrons. The summed E-state index contributed by atoms with van der Waals surface area (Å²) in [5, 5.41) is -0.806. The number of hydrogen-bond acceptors (Lipinski definition) is 2. The first-order valence-electron chi connectivity index (χ1n) is 4.17. The van der Waals surface area contributed by atoms with Crippen LogP contribution in [0.3, 0.4) is 0 Å². The molecule has 3 nitrogen and oxygen atoms in total. The van der Waals surface area contributed by atoms with Gasteiger partial charge >= 0.3 is 0 Å². The predicted molar refractivity (Wildman–Crippen MR) is 63.7 cm³/mol. The Balaban J connectivity index is 3.08. The molecule has 0 saturated heterocycles. The Labute approximate surface area is 97.4 Å². The van der Waals surface area contributed by atoms with Gasteiger partial charge < -0.3 is 0 Å². The molecular weight excluding hydrogens is 315 g/mol. The van der Waals surface area contributed by atoms with E-state index < -0.39 is 15.4 Å². The van der Waals surface area contributed by atoms with Crippen LogP contribution < -0.4 is 0 Å². The summed E-state index contributed by atoms with van der Waals surface area (Å²) < 4.78 is 32.0. The Morgan fingerprint density at radius 2 is 1.86 bits per heavy atom. The van der Waals surface area contributed by atoms with Crippen LogP contribution in [0.2, 0.25) is 0 Å². The van der Waals surface area contributed by atoms with Crippen molar-refractivity contribution >= 4 is 32.7 Å². The van der Waals surface area contributed by atoms with Crippen molar-refractivity contribution in [2.45, 2.75) is 18.6 Å². The highest BCUT2D eigenvalue weighted by Crippen LogP contribution is 2.25. The summed E-state index contributed by atoms with van der Waals surface area (Å²) in [7, 11) is -3.98. The van der Waals surface area contributed by atoms with Crippen LogP contribution >= 0.6 is 22.6 Å². The molecule has 1 aromatic rings. The van der Waals surface area contributed by atoms with Crippen molar-refractivity contribution in [2.75, 3.05) is 0 Å². The van der Waals surface area contributed by atoms with Gasteiger partial charge in [0.15, 0.2) is 0 Å². The van der Waals surface area contributed by atoms with Crippen LogP contribution in [0.25, 0.3) is 0 Å². The van der Waals surface area contributed by atoms with E-state index >= 15 is 0 Å². The number of benzene rings is 1. The third-order valence-electron chi connectivity index (χ3n) is 1.97. The molecule has 0 bridgehead atoms. The average molecular weight is 326 g/mol. The van der Waals surface area contributed by atoms with Crippen LogP contribution in [-0.4, -0.2) is 13.0 Å². The van der Waals surface area contributed by atoms with Gasteiger partial charge in [-0.1, -0.05) is 19.1 Å². The van der Waals surface area contributed by atoms with Gasteiger partial charge in [-0.15, -0.1) is 0 Å². The third kappa shape index (κ3) is 2.93. The molecule has 1 atom stereocenters. The van der Waals surface area contributed by atoms with Gasteiger partial charge in [0.05, 0.1) is 0 Å². The molecule has 0 heterocycles. The highest BCUT2D eigenvalue weighted by molar-refractivity contribution is 14.1. The van der Waals surface area contributed by atoms with Gasteiger partial charge in [0.25, 0.3) is 10.1 Å². The van der Waals surface area contributed by atoms with Crippen LogP contribution in [0.5, 0.6) is 0 Å². The molecule has 14 heavy (non-hydrogen) atoms.